The molecule has 5 heteroatoms. The lowest BCUT2D eigenvalue weighted by Crippen LogP contribution is -2.48. The maximum Gasteiger partial charge on any atom is 0.189 e. The second-order valence-corrected chi connectivity index (χ2v) is 6.32. The van der Waals surface area contributed by atoms with Crippen molar-refractivity contribution in [3.05, 3.63) is 41.5 Å². The standard InChI is InChI=1S/C19H16N4O/c20-9-16-14-3-1-2-4-15(14)17(12-5-7-13(24)8-6-12)19(10-21,11-22)18(16)23/h3,5-8,15-17,23-24H,1-2,4H2/t15-,16-,17+/m0/s1. The van der Waals surface area contributed by atoms with Crippen molar-refractivity contribution in [2.45, 2.75) is 25.2 Å². The first kappa shape index (κ1) is 15.8. The summed E-state index contributed by atoms with van der Waals surface area (Å²) in [4.78, 5) is 0. The van der Waals surface area contributed by atoms with Crippen molar-refractivity contribution in [2.75, 3.05) is 0 Å². The van der Waals surface area contributed by atoms with Crippen LogP contribution in [0.15, 0.2) is 35.9 Å². The molecule has 0 saturated heterocycles. The Hall–Kier alpha value is -3.10. The Bertz CT molecular complexity index is 818. The number of hydrogen-bond donors (Lipinski definition) is 2. The lowest BCUT2D eigenvalue weighted by Gasteiger charge is -2.45. The molecule has 0 heterocycles. The van der Waals surface area contributed by atoms with Crippen LogP contribution in [-0.2, 0) is 0 Å². The molecule has 0 aromatic heterocycles. The minimum Gasteiger partial charge on any atom is -0.508 e. The number of nitrogens with one attached hydrogen (secondary N) is 1. The number of fused-ring (bicyclic) bond motifs is 1. The van der Waals surface area contributed by atoms with Gasteiger partial charge in [0.05, 0.1) is 23.9 Å². The number of phenols is 1. The second kappa shape index (κ2) is 5.84. The number of rotatable bonds is 1. The van der Waals surface area contributed by atoms with Gasteiger partial charge in [0.25, 0.3) is 0 Å². The largest absolute Gasteiger partial charge is 0.508 e. The average Bonchev–Trinajstić information content (AvgIpc) is 2.62. The first-order chi connectivity index (χ1) is 11.6. The van der Waals surface area contributed by atoms with E-state index in [2.05, 4.69) is 18.2 Å². The predicted molar refractivity (Wildman–Crippen MR) is 86.8 cm³/mol. The van der Waals surface area contributed by atoms with Gasteiger partial charge >= 0.3 is 0 Å². The van der Waals surface area contributed by atoms with Crippen LogP contribution in [0.1, 0.15) is 30.7 Å². The summed E-state index contributed by atoms with van der Waals surface area (Å²) < 4.78 is 0. The fourth-order valence-electron chi connectivity index (χ4n) is 4.07. The zero-order valence-electron chi connectivity index (χ0n) is 13.0. The molecule has 1 aromatic rings. The molecule has 2 aliphatic carbocycles. The molecule has 2 aliphatic rings. The summed E-state index contributed by atoms with van der Waals surface area (Å²) in [5, 5.41) is 47.1. The minimum atomic E-state index is -1.66. The maximum absolute atomic E-state index is 9.81. The lowest BCUT2D eigenvalue weighted by atomic mass is 9.53. The molecule has 5 nitrogen and oxygen atoms in total. The molecule has 0 unspecified atom stereocenters. The van der Waals surface area contributed by atoms with Gasteiger partial charge in [0.2, 0.25) is 0 Å². The van der Waals surface area contributed by atoms with Gasteiger partial charge in [-0.3, -0.25) is 0 Å². The summed E-state index contributed by atoms with van der Waals surface area (Å²) in [6.07, 6.45) is 4.57. The summed E-state index contributed by atoms with van der Waals surface area (Å²) in [7, 11) is 0. The van der Waals surface area contributed by atoms with Crippen molar-refractivity contribution < 1.29 is 5.11 Å². The fraction of sp³-hybridized carbons (Fsp3) is 0.368. The van der Waals surface area contributed by atoms with Crippen molar-refractivity contribution >= 4 is 5.71 Å². The normalized spacial score (nSPS) is 27.8. The highest BCUT2D eigenvalue weighted by atomic mass is 16.3. The number of phenolic OH excluding ortho intramolecular Hbond substituents is 1. The van der Waals surface area contributed by atoms with Gasteiger partial charge in [-0.25, -0.2) is 0 Å². The van der Waals surface area contributed by atoms with Crippen LogP contribution in [-0.4, -0.2) is 10.8 Å². The molecule has 24 heavy (non-hydrogen) atoms. The van der Waals surface area contributed by atoms with Crippen LogP contribution >= 0.6 is 0 Å². The van der Waals surface area contributed by atoms with E-state index in [0.717, 1.165) is 30.4 Å². The highest BCUT2D eigenvalue weighted by Gasteiger charge is 2.57. The quantitative estimate of drug-likeness (QED) is 0.772. The molecular weight excluding hydrogens is 300 g/mol. The molecule has 3 rings (SSSR count). The van der Waals surface area contributed by atoms with Gasteiger partial charge in [0, 0.05) is 5.92 Å². The molecule has 1 fully saturated rings. The van der Waals surface area contributed by atoms with E-state index in [-0.39, 0.29) is 17.4 Å². The van der Waals surface area contributed by atoms with E-state index < -0.39 is 17.3 Å². The van der Waals surface area contributed by atoms with Crippen LogP contribution in [0, 0.1) is 56.7 Å². The molecule has 1 aromatic carbocycles. The minimum absolute atomic E-state index is 0.110. The Morgan fingerprint density at radius 3 is 2.38 bits per heavy atom. The summed E-state index contributed by atoms with van der Waals surface area (Å²) in [5.41, 5.74) is -0.170. The number of hydrogen-bond acceptors (Lipinski definition) is 5. The van der Waals surface area contributed by atoms with E-state index >= 15 is 0 Å². The van der Waals surface area contributed by atoms with Gasteiger partial charge in [0.15, 0.2) is 5.41 Å². The summed E-state index contributed by atoms with van der Waals surface area (Å²) in [6, 6.07) is 12.7. The first-order valence-electron chi connectivity index (χ1n) is 7.89. The smallest absolute Gasteiger partial charge is 0.189 e. The van der Waals surface area contributed by atoms with Crippen LogP contribution in [0.4, 0.5) is 0 Å². The Balaban J connectivity index is 2.24. The van der Waals surface area contributed by atoms with Crippen molar-refractivity contribution in [3.8, 4) is 24.0 Å². The van der Waals surface area contributed by atoms with Crippen molar-refractivity contribution in [3.63, 3.8) is 0 Å². The van der Waals surface area contributed by atoms with Crippen molar-refractivity contribution in [2.24, 2.45) is 17.3 Å². The van der Waals surface area contributed by atoms with E-state index in [1.54, 1.807) is 12.1 Å². The zero-order valence-corrected chi connectivity index (χ0v) is 13.0. The van der Waals surface area contributed by atoms with Crippen LogP contribution in [0.25, 0.3) is 0 Å². The molecular formula is C19H16N4O. The highest BCUT2D eigenvalue weighted by molar-refractivity contribution is 6.00. The summed E-state index contributed by atoms with van der Waals surface area (Å²) in [6.45, 7) is 0. The lowest BCUT2D eigenvalue weighted by molar-refractivity contribution is 0.320. The zero-order chi connectivity index (χ0) is 17.3. The van der Waals surface area contributed by atoms with Crippen LogP contribution in [0.2, 0.25) is 0 Å². The van der Waals surface area contributed by atoms with Gasteiger partial charge in [-0.05, 0) is 48.4 Å². The fourth-order valence-corrected chi connectivity index (χ4v) is 4.07. The van der Waals surface area contributed by atoms with E-state index in [9.17, 15) is 20.9 Å². The molecule has 118 valence electrons. The summed E-state index contributed by atoms with van der Waals surface area (Å²) >= 11 is 0. The highest BCUT2D eigenvalue weighted by Crippen LogP contribution is 2.55. The Morgan fingerprint density at radius 2 is 1.79 bits per heavy atom. The molecule has 3 atom stereocenters. The third-order valence-electron chi connectivity index (χ3n) is 5.18. The van der Waals surface area contributed by atoms with Crippen molar-refractivity contribution in [1.29, 1.82) is 21.2 Å². The Kier molecular flexibility index (Phi) is 3.84. The Morgan fingerprint density at radius 1 is 1.12 bits per heavy atom. The molecule has 0 aliphatic heterocycles. The average molecular weight is 316 g/mol. The van der Waals surface area contributed by atoms with Crippen LogP contribution in [0.5, 0.6) is 5.75 Å². The molecule has 1 saturated carbocycles. The molecule has 0 bridgehead atoms. The monoisotopic (exact) mass is 316 g/mol. The molecule has 0 radical (unpaired) electrons. The molecule has 0 spiro atoms. The maximum atomic E-state index is 9.81. The number of benzene rings is 1. The first-order valence-corrected chi connectivity index (χ1v) is 7.89. The topological polar surface area (TPSA) is 115 Å². The second-order valence-electron chi connectivity index (χ2n) is 6.32. The number of aromatic hydroxyl groups is 1. The van der Waals surface area contributed by atoms with Crippen molar-refractivity contribution in [1.82, 2.24) is 0 Å². The van der Waals surface area contributed by atoms with E-state index in [1.807, 2.05) is 6.08 Å². The van der Waals surface area contributed by atoms with Gasteiger partial charge < -0.3 is 10.5 Å². The Labute approximate surface area is 140 Å². The van der Waals surface area contributed by atoms with Gasteiger partial charge in [-0.2, -0.15) is 15.8 Å². The number of nitrogens with zero attached hydrogens (tertiary/aromatic N) is 3. The van der Waals surface area contributed by atoms with E-state index in [4.69, 9.17) is 5.41 Å². The predicted octanol–water partition coefficient (Wildman–Crippen LogP) is 3.41. The van der Waals surface area contributed by atoms with Gasteiger partial charge in [-0.15, -0.1) is 0 Å². The molecule has 2 N–H and O–H groups in total. The van der Waals surface area contributed by atoms with E-state index in [0.29, 0.717) is 0 Å². The van der Waals surface area contributed by atoms with Crippen LogP contribution in [0.3, 0.4) is 0 Å². The number of nitriles is 3. The third-order valence-corrected chi connectivity index (χ3v) is 5.18. The third kappa shape index (κ3) is 2.08. The van der Waals surface area contributed by atoms with E-state index in [1.165, 1.54) is 12.1 Å². The molecule has 0 amide bonds. The number of allylic oxidation sites excluding steroid dienone is 2. The summed E-state index contributed by atoms with van der Waals surface area (Å²) in [5.74, 6) is -1.31. The van der Waals surface area contributed by atoms with Crippen LogP contribution < -0.4 is 0 Å². The van der Waals surface area contributed by atoms with Gasteiger partial charge in [-0.1, -0.05) is 18.2 Å². The van der Waals surface area contributed by atoms with Gasteiger partial charge in [0.1, 0.15) is 11.7 Å². The SMILES string of the molecule is N#C[C@@H]1C(=N)C(C#N)(C#N)[C@H](c2ccc(O)cc2)[C@H]2CCCC=C12.